The fourth-order valence-corrected chi connectivity index (χ4v) is 4.92. The smallest absolute Gasteiger partial charge is 0.192 e. The van der Waals surface area contributed by atoms with Crippen molar-refractivity contribution >= 4 is 8.32 Å². The number of hydrogen-bond acceptors (Lipinski definition) is 13. The van der Waals surface area contributed by atoms with Crippen LogP contribution in [0.15, 0.2) is 0 Å². The molecular weight excluding hydrogens is 630 g/mol. The summed E-state index contributed by atoms with van der Waals surface area (Å²) in [4.78, 5) is 0. The summed E-state index contributed by atoms with van der Waals surface area (Å²) in [7, 11) is -1.70. The summed E-state index contributed by atoms with van der Waals surface area (Å²) in [5.74, 6) is 0. The Balaban J connectivity index is 1.63. The van der Waals surface area contributed by atoms with Crippen LogP contribution in [0.25, 0.3) is 0 Å². The van der Waals surface area contributed by atoms with Gasteiger partial charge in [-0.3, -0.25) is 0 Å². The molecule has 0 aromatic carbocycles. The van der Waals surface area contributed by atoms with Gasteiger partial charge in [-0.2, -0.15) is 0 Å². The largest absolute Gasteiger partial charge is 0.414 e. The molecule has 1 aliphatic heterocycles. The number of ether oxygens (including phenoxy) is 11. The second-order valence-electron chi connectivity index (χ2n) is 12.6. The first-order chi connectivity index (χ1) is 22.8. The summed E-state index contributed by atoms with van der Waals surface area (Å²) in [5.41, 5.74) is 0. The van der Waals surface area contributed by atoms with Crippen LogP contribution in [0.1, 0.15) is 33.6 Å². The lowest BCUT2D eigenvalue weighted by atomic mass is 10.1. The van der Waals surface area contributed by atoms with Crippen LogP contribution in [0.5, 0.6) is 0 Å². The summed E-state index contributed by atoms with van der Waals surface area (Å²) in [6, 6.07) is 0. The average Bonchev–Trinajstić information content (AvgIpc) is 3.05. The first-order valence-corrected chi connectivity index (χ1v) is 20.5. The maximum absolute atomic E-state index is 6.08. The molecule has 1 heterocycles. The van der Waals surface area contributed by atoms with Crippen LogP contribution >= 0.6 is 0 Å². The molecule has 0 amide bonds. The average molecular weight is 700 g/mol. The third-order valence-corrected chi connectivity index (χ3v) is 12.3. The van der Waals surface area contributed by atoms with Gasteiger partial charge >= 0.3 is 0 Å². The van der Waals surface area contributed by atoms with Crippen molar-refractivity contribution in [3.63, 3.8) is 0 Å². The Morgan fingerprint density at radius 1 is 0.426 bits per heavy atom. The minimum atomic E-state index is -1.70. The maximum Gasteiger partial charge on any atom is 0.192 e. The maximum atomic E-state index is 6.08. The molecule has 0 aromatic heterocycles. The van der Waals surface area contributed by atoms with E-state index in [1.165, 1.54) is 0 Å². The molecule has 0 spiro atoms. The minimum Gasteiger partial charge on any atom is -0.414 e. The summed E-state index contributed by atoms with van der Waals surface area (Å²) in [5, 5.41) is 3.55. The quantitative estimate of drug-likeness (QED) is 0.0772. The SMILES string of the molecule is CC(C)(C)[Si](C)(C)OCCOCCOCCOCCOCCOCCOCCOCCOCCOCCOCCOC1CCNCC1. The second-order valence-corrected chi connectivity index (χ2v) is 17.4. The number of piperidine rings is 1. The summed E-state index contributed by atoms with van der Waals surface area (Å²) in [6.45, 7) is 25.4. The topological polar surface area (TPSA) is 123 Å². The van der Waals surface area contributed by atoms with Crippen molar-refractivity contribution in [3.05, 3.63) is 0 Å². The fourth-order valence-electron chi connectivity index (χ4n) is 3.89. The van der Waals surface area contributed by atoms with Gasteiger partial charge < -0.3 is 61.8 Å². The zero-order chi connectivity index (χ0) is 34.2. The molecule has 0 saturated carbocycles. The molecule has 14 heteroatoms. The van der Waals surface area contributed by atoms with Crippen molar-refractivity contribution in [2.24, 2.45) is 0 Å². The van der Waals surface area contributed by atoms with Gasteiger partial charge in [0.1, 0.15) is 0 Å². The zero-order valence-corrected chi connectivity index (χ0v) is 31.4. The second kappa shape index (κ2) is 31.7. The molecule has 47 heavy (non-hydrogen) atoms. The Bertz CT molecular complexity index is 654. The molecular formula is C33H69NO12Si. The highest BCUT2D eigenvalue weighted by molar-refractivity contribution is 6.74. The normalized spacial score (nSPS) is 14.7. The Kier molecular flexibility index (Phi) is 30.1. The van der Waals surface area contributed by atoms with Crippen molar-refractivity contribution in [2.75, 3.05) is 158 Å². The Hall–Kier alpha value is -0.303. The summed E-state index contributed by atoms with van der Waals surface area (Å²) < 4.78 is 67.0. The Morgan fingerprint density at radius 2 is 0.681 bits per heavy atom. The molecule has 13 nitrogen and oxygen atoms in total. The third kappa shape index (κ3) is 29.2. The minimum absolute atomic E-state index is 0.219. The molecule has 0 bridgehead atoms. The van der Waals surface area contributed by atoms with Crippen molar-refractivity contribution in [1.82, 2.24) is 5.32 Å². The van der Waals surface area contributed by atoms with Crippen LogP contribution in [-0.4, -0.2) is 173 Å². The van der Waals surface area contributed by atoms with Crippen LogP contribution < -0.4 is 5.32 Å². The summed E-state index contributed by atoms with van der Waals surface area (Å²) >= 11 is 0. The Morgan fingerprint density at radius 3 is 0.957 bits per heavy atom. The van der Waals surface area contributed by atoms with E-state index in [0.29, 0.717) is 151 Å². The standard InChI is InChI=1S/C33H69NO12Si/c1-33(2,3)47(4,5)46-31-29-44-27-25-42-23-21-40-19-17-38-15-13-36-11-10-35-12-14-37-16-18-39-20-22-41-24-26-43-28-30-45-32-6-8-34-9-7-32/h32,34H,6-31H2,1-5H3. The number of nitrogens with one attached hydrogen (secondary N) is 1. The third-order valence-electron chi connectivity index (χ3n) is 7.71. The predicted molar refractivity (Wildman–Crippen MR) is 183 cm³/mol. The summed E-state index contributed by atoms with van der Waals surface area (Å²) in [6.07, 6.45) is 2.54. The van der Waals surface area contributed by atoms with E-state index >= 15 is 0 Å². The molecule has 1 saturated heterocycles. The molecule has 282 valence electrons. The molecule has 1 rings (SSSR count). The van der Waals surface area contributed by atoms with Gasteiger partial charge in [-0.15, -0.1) is 0 Å². The van der Waals surface area contributed by atoms with Crippen molar-refractivity contribution < 1.29 is 56.5 Å². The van der Waals surface area contributed by atoms with E-state index in [2.05, 4.69) is 39.2 Å². The highest BCUT2D eigenvalue weighted by atomic mass is 28.4. The fraction of sp³-hybridized carbons (Fsp3) is 1.00. The number of rotatable bonds is 35. The van der Waals surface area contributed by atoms with Gasteiger partial charge in [0.2, 0.25) is 0 Å². The van der Waals surface area contributed by atoms with Crippen molar-refractivity contribution in [3.8, 4) is 0 Å². The van der Waals surface area contributed by atoms with E-state index in [4.69, 9.17) is 56.5 Å². The first kappa shape index (κ1) is 44.7. The van der Waals surface area contributed by atoms with Gasteiger partial charge in [-0.25, -0.2) is 0 Å². The van der Waals surface area contributed by atoms with Crippen molar-refractivity contribution in [1.29, 1.82) is 0 Å². The molecule has 0 radical (unpaired) electrons. The molecule has 1 N–H and O–H groups in total. The predicted octanol–water partition coefficient (Wildman–Crippen LogP) is 2.94. The molecule has 1 fully saturated rings. The van der Waals surface area contributed by atoms with E-state index in [9.17, 15) is 0 Å². The van der Waals surface area contributed by atoms with Gasteiger partial charge in [0, 0.05) is 0 Å². The van der Waals surface area contributed by atoms with E-state index in [1.807, 2.05) is 0 Å². The zero-order valence-electron chi connectivity index (χ0n) is 30.4. The molecule has 0 unspecified atom stereocenters. The molecule has 1 aliphatic rings. The van der Waals surface area contributed by atoms with Gasteiger partial charge in [-0.05, 0) is 44.1 Å². The Labute approximate surface area is 286 Å². The molecule has 0 aliphatic carbocycles. The van der Waals surface area contributed by atoms with Crippen LogP contribution in [0, 0.1) is 0 Å². The first-order valence-electron chi connectivity index (χ1n) is 17.6. The van der Waals surface area contributed by atoms with E-state index in [-0.39, 0.29) is 5.04 Å². The van der Waals surface area contributed by atoms with Crippen molar-refractivity contribution in [2.45, 2.75) is 57.8 Å². The van der Waals surface area contributed by atoms with Crippen LogP contribution in [0.2, 0.25) is 18.1 Å². The van der Waals surface area contributed by atoms with Crippen LogP contribution in [-0.2, 0) is 56.5 Å². The van der Waals surface area contributed by atoms with Crippen LogP contribution in [0.4, 0.5) is 0 Å². The van der Waals surface area contributed by atoms with Gasteiger partial charge in [-0.1, -0.05) is 20.8 Å². The van der Waals surface area contributed by atoms with Gasteiger partial charge in [0.05, 0.1) is 151 Å². The molecule has 0 aromatic rings. The van der Waals surface area contributed by atoms with Gasteiger partial charge in [0.15, 0.2) is 8.32 Å². The molecule has 0 atom stereocenters. The van der Waals surface area contributed by atoms with Crippen LogP contribution in [0.3, 0.4) is 0 Å². The lowest BCUT2D eigenvalue weighted by Gasteiger charge is -2.36. The highest BCUT2D eigenvalue weighted by Crippen LogP contribution is 2.36. The monoisotopic (exact) mass is 699 g/mol. The van der Waals surface area contributed by atoms with E-state index < -0.39 is 8.32 Å². The van der Waals surface area contributed by atoms with E-state index in [1.54, 1.807) is 0 Å². The highest BCUT2D eigenvalue weighted by Gasteiger charge is 2.36. The lowest BCUT2D eigenvalue weighted by Crippen LogP contribution is -2.41. The lowest BCUT2D eigenvalue weighted by molar-refractivity contribution is -0.0325. The van der Waals surface area contributed by atoms with E-state index in [0.717, 1.165) is 25.9 Å². The van der Waals surface area contributed by atoms with Gasteiger partial charge in [0.25, 0.3) is 0 Å². The number of hydrogen-bond donors (Lipinski definition) is 1.